The predicted octanol–water partition coefficient (Wildman–Crippen LogP) is 3.46. The second-order valence-electron chi connectivity index (χ2n) is 4.35. The number of aromatic amines is 1. The molecule has 4 heteroatoms. The van der Waals surface area contributed by atoms with Crippen LogP contribution in [0.3, 0.4) is 0 Å². The molecule has 2 nitrogen and oxygen atoms in total. The Kier molecular flexibility index (Phi) is 2.39. The van der Waals surface area contributed by atoms with E-state index >= 15 is 0 Å². The largest absolute Gasteiger partial charge is 0.356 e. The van der Waals surface area contributed by atoms with E-state index in [9.17, 15) is 0 Å². The van der Waals surface area contributed by atoms with Gasteiger partial charge in [0.05, 0.1) is 15.6 Å². The number of H-pyrrole nitrogens is 1. The lowest BCUT2D eigenvalue weighted by Gasteiger charge is -2.22. The summed E-state index contributed by atoms with van der Waals surface area (Å²) in [6.45, 7) is 2.01. The van der Waals surface area contributed by atoms with Gasteiger partial charge in [0.1, 0.15) is 0 Å². The van der Waals surface area contributed by atoms with Crippen LogP contribution in [0.1, 0.15) is 11.3 Å². The van der Waals surface area contributed by atoms with Crippen LogP contribution >= 0.6 is 23.2 Å². The standard InChI is InChI=1S/C12H12Cl2N2/c1-16-5-4-7-10(6-16)15-12-9(14)3-2-8(13)11(7)12/h2-3,15H,4-6H2,1H3. The molecule has 1 N–H and O–H groups in total. The lowest BCUT2D eigenvalue weighted by atomic mass is 10.0. The first-order valence-electron chi connectivity index (χ1n) is 5.33. The van der Waals surface area contributed by atoms with E-state index in [1.807, 2.05) is 12.1 Å². The van der Waals surface area contributed by atoms with E-state index in [1.54, 1.807) is 0 Å². The molecule has 0 saturated carbocycles. The van der Waals surface area contributed by atoms with Gasteiger partial charge in [0.15, 0.2) is 0 Å². The maximum absolute atomic E-state index is 6.25. The van der Waals surface area contributed by atoms with Crippen LogP contribution in [0.25, 0.3) is 10.9 Å². The fraction of sp³-hybridized carbons (Fsp3) is 0.333. The third-order valence-electron chi connectivity index (χ3n) is 3.22. The molecule has 2 aromatic rings. The fourth-order valence-electron chi connectivity index (χ4n) is 2.41. The van der Waals surface area contributed by atoms with E-state index in [0.29, 0.717) is 0 Å². The zero-order chi connectivity index (χ0) is 11.3. The molecule has 1 aliphatic rings. The van der Waals surface area contributed by atoms with Crippen LogP contribution in [0, 0.1) is 0 Å². The minimum atomic E-state index is 0.747. The lowest BCUT2D eigenvalue weighted by molar-refractivity contribution is 0.310. The Morgan fingerprint density at radius 1 is 1.25 bits per heavy atom. The number of aromatic nitrogens is 1. The lowest BCUT2D eigenvalue weighted by Crippen LogP contribution is -2.26. The summed E-state index contributed by atoms with van der Waals surface area (Å²) in [5.74, 6) is 0. The van der Waals surface area contributed by atoms with Crippen molar-refractivity contribution in [3.8, 4) is 0 Å². The summed E-state index contributed by atoms with van der Waals surface area (Å²) in [7, 11) is 2.12. The molecule has 0 radical (unpaired) electrons. The van der Waals surface area contributed by atoms with E-state index in [0.717, 1.165) is 40.5 Å². The van der Waals surface area contributed by atoms with Crippen molar-refractivity contribution < 1.29 is 0 Å². The number of nitrogens with zero attached hydrogens (tertiary/aromatic N) is 1. The maximum atomic E-state index is 6.25. The van der Waals surface area contributed by atoms with E-state index in [-0.39, 0.29) is 0 Å². The normalized spacial score (nSPS) is 16.7. The zero-order valence-electron chi connectivity index (χ0n) is 8.98. The molecule has 3 rings (SSSR count). The van der Waals surface area contributed by atoms with Gasteiger partial charge in [-0.25, -0.2) is 0 Å². The van der Waals surface area contributed by atoms with E-state index in [4.69, 9.17) is 23.2 Å². The first-order chi connectivity index (χ1) is 7.66. The molecule has 16 heavy (non-hydrogen) atoms. The summed E-state index contributed by atoms with van der Waals surface area (Å²) in [5, 5.41) is 2.65. The predicted molar refractivity (Wildman–Crippen MR) is 68.4 cm³/mol. The number of likely N-dealkylation sites (N-methyl/N-ethyl adjacent to an activating group) is 1. The summed E-state index contributed by atoms with van der Waals surface area (Å²) in [6, 6.07) is 3.72. The quantitative estimate of drug-likeness (QED) is 0.763. The number of hydrogen-bond donors (Lipinski definition) is 1. The van der Waals surface area contributed by atoms with Gasteiger partial charge in [-0.05, 0) is 31.2 Å². The Hall–Kier alpha value is -0.700. The van der Waals surface area contributed by atoms with Crippen LogP contribution in [0.2, 0.25) is 10.0 Å². The van der Waals surface area contributed by atoms with Crippen LogP contribution in [0.15, 0.2) is 12.1 Å². The minimum absolute atomic E-state index is 0.747. The SMILES string of the molecule is CN1CCc2c([nH]c3c(Cl)ccc(Cl)c23)C1. The molecule has 2 heterocycles. The van der Waals surface area contributed by atoms with Crippen LogP contribution in [-0.4, -0.2) is 23.5 Å². The van der Waals surface area contributed by atoms with Gasteiger partial charge in [-0.15, -0.1) is 0 Å². The van der Waals surface area contributed by atoms with E-state index in [2.05, 4.69) is 16.9 Å². The molecule has 0 fully saturated rings. The Morgan fingerprint density at radius 2 is 2.00 bits per heavy atom. The summed E-state index contributed by atoms with van der Waals surface area (Å²) in [6.07, 6.45) is 1.03. The van der Waals surface area contributed by atoms with Gasteiger partial charge >= 0.3 is 0 Å². The number of fused-ring (bicyclic) bond motifs is 3. The van der Waals surface area contributed by atoms with Crippen molar-refractivity contribution in [2.24, 2.45) is 0 Å². The Labute approximate surface area is 104 Å². The number of halogens is 2. The van der Waals surface area contributed by atoms with Crippen molar-refractivity contribution in [2.45, 2.75) is 13.0 Å². The van der Waals surface area contributed by atoms with E-state index in [1.165, 1.54) is 11.3 Å². The molecule has 1 aromatic heterocycles. The van der Waals surface area contributed by atoms with Gasteiger partial charge in [0.2, 0.25) is 0 Å². The van der Waals surface area contributed by atoms with Crippen molar-refractivity contribution in [2.75, 3.05) is 13.6 Å². The van der Waals surface area contributed by atoms with Gasteiger partial charge in [-0.1, -0.05) is 23.2 Å². The molecule has 0 unspecified atom stereocenters. The Bertz CT molecular complexity index is 560. The van der Waals surface area contributed by atoms with Gasteiger partial charge in [0.25, 0.3) is 0 Å². The average molecular weight is 255 g/mol. The molecule has 0 aliphatic carbocycles. The molecule has 0 spiro atoms. The van der Waals surface area contributed by atoms with Crippen molar-refractivity contribution in [1.82, 2.24) is 9.88 Å². The fourth-order valence-corrected chi connectivity index (χ4v) is 2.89. The molecule has 0 amide bonds. The van der Waals surface area contributed by atoms with Crippen molar-refractivity contribution >= 4 is 34.1 Å². The second kappa shape index (κ2) is 3.66. The van der Waals surface area contributed by atoms with Crippen molar-refractivity contribution in [3.05, 3.63) is 33.4 Å². The molecule has 0 saturated heterocycles. The highest BCUT2D eigenvalue weighted by atomic mass is 35.5. The highest BCUT2D eigenvalue weighted by Gasteiger charge is 2.20. The summed E-state index contributed by atoms with van der Waals surface area (Å²) in [4.78, 5) is 5.69. The highest BCUT2D eigenvalue weighted by molar-refractivity contribution is 6.40. The molecule has 1 aliphatic heterocycles. The van der Waals surface area contributed by atoms with Gasteiger partial charge in [-0.3, -0.25) is 0 Å². The summed E-state index contributed by atoms with van der Waals surface area (Å²) in [5.41, 5.74) is 3.56. The third kappa shape index (κ3) is 1.45. The zero-order valence-corrected chi connectivity index (χ0v) is 10.5. The molecule has 0 bridgehead atoms. The smallest absolute Gasteiger partial charge is 0.0663 e. The van der Waals surface area contributed by atoms with Crippen LogP contribution in [0.4, 0.5) is 0 Å². The minimum Gasteiger partial charge on any atom is -0.356 e. The third-order valence-corrected chi connectivity index (χ3v) is 3.85. The first-order valence-corrected chi connectivity index (χ1v) is 6.08. The van der Waals surface area contributed by atoms with E-state index < -0.39 is 0 Å². The topological polar surface area (TPSA) is 19.0 Å². The number of hydrogen-bond acceptors (Lipinski definition) is 1. The summed E-state index contributed by atoms with van der Waals surface area (Å²) < 4.78 is 0. The number of rotatable bonds is 0. The van der Waals surface area contributed by atoms with Crippen LogP contribution in [0.5, 0.6) is 0 Å². The van der Waals surface area contributed by atoms with Crippen LogP contribution in [-0.2, 0) is 13.0 Å². The van der Waals surface area contributed by atoms with Gasteiger partial charge < -0.3 is 9.88 Å². The maximum Gasteiger partial charge on any atom is 0.0663 e. The Morgan fingerprint density at radius 3 is 2.81 bits per heavy atom. The van der Waals surface area contributed by atoms with Crippen molar-refractivity contribution in [3.63, 3.8) is 0 Å². The first kappa shape index (κ1) is 10.5. The van der Waals surface area contributed by atoms with Crippen molar-refractivity contribution in [1.29, 1.82) is 0 Å². The molecular weight excluding hydrogens is 243 g/mol. The molecular formula is C12H12Cl2N2. The molecule has 84 valence electrons. The van der Waals surface area contributed by atoms with Gasteiger partial charge in [0, 0.05) is 24.2 Å². The monoisotopic (exact) mass is 254 g/mol. The number of nitrogens with one attached hydrogen (secondary N) is 1. The number of benzene rings is 1. The second-order valence-corrected chi connectivity index (χ2v) is 5.16. The van der Waals surface area contributed by atoms with Crippen LogP contribution < -0.4 is 0 Å². The summed E-state index contributed by atoms with van der Waals surface area (Å²) >= 11 is 12.4. The molecule has 1 aromatic carbocycles. The molecule has 0 atom stereocenters. The highest BCUT2D eigenvalue weighted by Crippen LogP contribution is 2.35. The Balaban J connectivity index is 2.33. The van der Waals surface area contributed by atoms with Gasteiger partial charge in [-0.2, -0.15) is 0 Å². The average Bonchev–Trinajstić information content (AvgIpc) is 2.63.